The van der Waals surface area contributed by atoms with Gasteiger partial charge in [-0.3, -0.25) is 13.9 Å². The lowest BCUT2D eigenvalue weighted by Crippen LogP contribution is -2.52. The second kappa shape index (κ2) is 6.85. The Bertz CT molecular complexity index is 1140. The highest BCUT2D eigenvalue weighted by molar-refractivity contribution is 5.70. The number of methoxy groups -OCH3 is 1. The zero-order valence-corrected chi connectivity index (χ0v) is 16.7. The van der Waals surface area contributed by atoms with E-state index in [1.54, 1.807) is 14.2 Å². The van der Waals surface area contributed by atoms with Gasteiger partial charge in [0.05, 0.1) is 20.2 Å². The Balaban J connectivity index is 1.96. The van der Waals surface area contributed by atoms with Crippen LogP contribution in [0.2, 0.25) is 0 Å². The molecule has 0 saturated heterocycles. The highest BCUT2D eigenvalue weighted by Gasteiger charge is 2.35. The van der Waals surface area contributed by atoms with Gasteiger partial charge in [-0.15, -0.1) is 0 Å². The molecule has 8 nitrogen and oxygen atoms in total. The third-order valence-electron chi connectivity index (χ3n) is 5.36. The molecule has 1 aliphatic rings. The Hall–Kier alpha value is -3.03. The van der Waals surface area contributed by atoms with Gasteiger partial charge in [-0.2, -0.15) is 0 Å². The van der Waals surface area contributed by atoms with Crippen LogP contribution in [0.5, 0.6) is 5.75 Å². The Morgan fingerprint density at radius 1 is 1.25 bits per heavy atom. The van der Waals surface area contributed by atoms with Crippen LogP contribution in [0.3, 0.4) is 0 Å². The summed E-state index contributed by atoms with van der Waals surface area (Å²) in [6.45, 7) is 6.08. The molecule has 1 N–H and O–H groups in total. The number of aromatic amines is 1. The molecular formula is C20H26N5O3+. The standard InChI is InChI=1S/C20H25N5O3/c1-5-10-23-18(26)16-17(22(3)20(23)27)21-19-24(11-13(2)12-25(16)19)14-6-8-15(28-4)9-7-14/h6-9,13H,5,10-12H2,1-4H3/p+1/t13-/m0/s1. The van der Waals surface area contributed by atoms with Crippen molar-refractivity contribution < 1.29 is 9.30 Å². The van der Waals surface area contributed by atoms with Gasteiger partial charge in [-0.05, 0) is 30.7 Å². The minimum Gasteiger partial charge on any atom is -0.497 e. The van der Waals surface area contributed by atoms with Crippen LogP contribution in [0.15, 0.2) is 33.9 Å². The Morgan fingerprint density at radius 3 is 2.61 bits per heavy atom. The molecule has 1 atom stereocenters. The molecule has 0 saturated carbocycles. The molecule has 0 fully saturated rings. The molecule has 3 aromatic rings. The van der Waals surface area contributed by atoms with Crippen molar-refractivity contribution in [1.82, 2.24) is 14.1 Å². The van der Waals surface area contributed by atoms with Crippen LogP contribution in [0.1, 0.15) is 20.3 Å². The molecule has 0 amide bonds. The van der Waals surface area contributed by atoms with Gasteiger partial charge in [0.1, 0.15) is 11.4 Å². The molecule has 8 heteroatoms. The number of anilines is 2. The van der Waals surface area contributed by atoms with Crippen LogP contribution in [-0.4, -0.2) is 27.8 Å². The summed E-state index contributed by atoms with van der Waals surface area (Å²) in [6.07, 6.45) is 0.728. The molecule has 2 aromatic heterocycles. The topological polar surface area (TPSA) is 76.1 Å². The number of hydrogen-bond donors (Lipinski definition) is 1. The van der Waals surface area contributed by atoms with Gasteiger partial charge in [0, 0.05) is 19.5 Å². The van der Waals surface area contributed by atoms with Crippen molar-refractivity contribution >= 4 is 22.8 Å². The summed E-state index contributed by atoms with van der Waals surface area (Å²) in [5, 5.41) is 0. The van der Waals surface area contributed by atoms with Crippen molar-refractivity contribution in [2.45, 2.75) is 33.4 Å². The number of H-pyrrole nitrogens is 1. The third kappa shape index (κ3) is 2.71. The number of imidazole rings is 1. The molecular weight excluding hydrogens is 358 g/mol. The quantitative estimate of drug-likeness (QED) is 0.692. The first kappa shape index (κ1) is 18.3. The summed E-state index contributed by atoms with van der Waals surface area (Å²) >= 11 is 0. The molecule has 0 unspecified atom stereocenters. The van der Waals surface area contributed by atoms with Crippen LogP contribution in [0.4, 0.5) is 11.6 Å². The number of hydrogen-bond acceptors (Lipinski definition) is 4. The van der Waals surface area contributed by atoms with Gasteiger partial charge in [-0.1, -0.05) is 13.8 Å². The second-order valence-corrected chi connectivity index (χ2v) is 7.47. The molecule has 0 aliphatic carbocycles. The number of benzene rings is 1. The Morgan fingerprint density at radius 2 is 1.96 bits per heavy atom. The van der Waals surface area contributed by atoms with Crippen molar-refractivity contribution in [1.29, 1.82) is 0 Å². The first-order valence-electron chi connectivity index (χ1n) is 9.63. The van der Waals surface area contributed by atoms with E-state index in [1.165, 1.54) is 9.13 Å². The van der Waals surface area contributed by atoms with Gasteiger partial charge in [0.15, 0.2) is 0 Å². The second-order valence-electron chi connectivity index (χ2n) is 7.47. The maximum atomic E-state index is 13.1. The van der Waals surface area contributed by atoms with Gasteiger partial charge >= 0.3 is 11.6 Å². The lowest BCUT2D eigenvalue weighted by Gasteiger charge is -2.26. The molecule has 148 valence electrons. The van der Waals surface area contributed by atoms with Crippen molar-refractivity contribution in [3.05, 3.63) is 45.1 Å². The van der Waals surface area contributed by atoms with Gasteiger partial charge < -0.3 is 4.74 Å². The predicted molar refractivity (Wildman–Crippen MR) is 107 cm³/mol. The molecule has 0 radical (unpaired) electrons. The summed E-state index contributed by atoms with van der Waals surface area (Å²) < 4.78 is 10.1. The fraction of sp³-hybridized carbons (Fsp3) is 0.450. The van der Waals surface area contributed by atoms with Crippen LogP contribution in [0, 0.1) is 5.92 Å². The van der Waals surface area contributed by atoms with E-state index in [9.17, 15) is 9.59 Å². The SMILES string of the molecule is CCCn1c(=O)c2c([nH]c3[n+]2C[C@@H](C)CN3c2ccc(OC)cc2)n(C)c1=O. The van der Waals surface area contributed by atoms with Gasteiger partial charge in [0.25, 0.3) is 5.56 Å². The number of ether oxygens (including phenoxy) is 1. The number of aromatic nitrogens is 4. The highest BCUT2D eigenvalue weighted by atomic mass is 16.5. The maximum absolute atomic E-state index is 13.1. The maximum Gasteiger partial charge on any atom is 0.364 e. The first-order valence-corrected chi connectivity index (χ1v) is 9.63. The molecule has 0 spiro atoms. The minimum atomic E-state index is -0.289. The van der Waals surface area contributed by atoms with E-state index in [2.05, 4.69) is 16.8 Å². The zero-order valence-electron chi connectivity index (χ0n) is 16.7. The van der Waals surface area contributed by atoms with E-state index >= 15 is 0 Å². The number of nitrogens with one attached hydrogen (secondary N) is 1. The molecule has 28 heavy (non-hydrogen) atoms. The highest BCUT2D eigenvalue weighted by Crippen LogP contribution is 2.29. The summed E-state index contributed by atoms with van der Waals surface area (Å²) in [6, 6.07) is 7.85. The van der Waals surface area contributed by atoms with E-state index in [1.807, 2.05) is 35.8 Å². The zero-order chi connectivity index (χ0) is 20.0. The van der Waals surface area contributed by atoms with Crippen molar-refractivity contribution in [2.24, 2.45) is 13.0 Å². The molecule has 1 aliphatic heterocycles. The molecule has 3 heterocycles. The summed E-state index contributed by atoms with van der Waals surface area (Å²) in [5.41, 5.74) is 1.60. The molecule has 4 rings (SSSR count). The third-order valence-corrected chi connectivity index (χ3v) is 5.36. The number of rotatable bonds is 4. The van der Waals surface area contributed by atoms with E-state index in [0.29, 0.717) is 23.6 Å². The lowest BCUT2D eigenvalue weighted by atomic mass is 10.1. The van der Waals surface area contributed by atoms with Gasteiger partial charge in [0.2, 0.25) is 11.2 Å². The molecule has 0 bridgehead atoms. The Labute approximate surface area is 162 Å². The van der Waals surface area contributed by atoms with Crippen LogP contribution >= 0.6 is 0 Å². The van der Waals surface area contributed by atoms with Crippen molar-refractivity contribution in [3.63, 3.8) is 0 Å². The summed E-state index contributed by atoms with van der Waals surface area (Å²) in [4.78, 5) is 31.3. The average molecular weight is 384 g/mol. The Kier molecular flexibility index (Phi) is 4.49. The van der Waals surface area contributed by atoms with Crippen LogP contribution < -0.4 is 25.5 Å². The predicted octanol–water partition coefficient (Wildman–Crippen LogP) is 1.52. The first-order chi connectivity index (χ1) is 13.5. The number of nitrogens with zero attached hydrogens (tertiary/aromatic N) is 4. The number of fused-ring (bicyclic) bond motifs is 3. The van der Waals surface area contributed by atoms with Gasteiger partial charge in [-0.25, -0.2) is 19.2 Å². The van der Waals surface area contributed by atoms with Crippen molar-refractivity contribution in [2.75, 3.05) is 18.6 Å². The fourth-order valence-corrected chi connectivity index (χ4v) is 3.99. The van der Waals surface area contributed by atoms with Crippen LogP contribution in [-0.2, 0) is 20.1 Å². The summed E-state index contributed by atoms with van der Waals surface area (Å²) in [5.74, 6) is 1.96. The normalized spacial score (nSPS) is 16.4. The van der Waals surface area contributed by atoms with E-state index < -0.39 is 0 Å². The largest absolute Gasteiger partial charge is 0.497 e. The van der Waals surface area contributed by atoms with E-state index in [-0.39, 0.29) is 11.2 Å². The average Bonchev–Trinajstić information content (AvgIpc) is 3.08. The lowest BCUT2D eigenvalue weighted by molar-refractivity contribution is -0.669. The van der Waals surface area contributed by atoms with E-state index in [0.717, 1.165) is 36.9 Å². The smallest absolute Gasteiger partial charge is 0.364 e. The fourth-order valence-electron chi connectivity index (χ4n) is 3.99. The summed E-state index contributed by atoms with van der Waals surface area (Å²) in [7, 11) is 3.35. The van der Waals surface area contributed by atoms with Crippen molar-refractivity contribution in [3.8, 4) is 5.75 Å². The minimum absolute atomic E-state index is 0.230. The monoisotopic (exact) mass is 384 g/mol. The van der Waals surface area contributed by atoms with E-state index in [4.69, 9.17) is 4.74 Å². The van der Waals surface area contributed by atoms with Crippen LogP contribution in [0.25, 0.3) is 11.2 Å². The number of aryl methyl sites for hydroxylation is 1. The molecule has 1 aromatic carbocycles.